The van der Waals surface area contributed by atoms with Crippen LogP contribution in [0.5, 0.6) is 0 Å². The number of carbonyl (C=O) groups is 2. The second kappa shape index (κ2) is 6.31. The van der Waals surface area contributed by atoms with E-state index in [2.05, 4.69) is 10.3 Å². The zero-order valence-corrected chi connectivity index (χ0v) is 11.1. The summed E-state index contributed by atoms with van der Waals surface area (Å²) in [4.78, 5) is 29.0. The summed E-state index contributed by atoms with van der Waals surface area (Å²) in [5, 5.41) is 2.81. The van der Waals surface area contributed by atoms with Crippen molar-refractivity contribution in [2.45, 2.75) is 38.8 Å². The maximum absolute atomic E-state index is 11.7. The molecule has 0 aromatic carbocycles. The van der Waals surface area contributed by atoms with Gasteiger partial charge in [-0.15, -0.1) is 0 Å². The van der Waals surface area contributed by atoms with E-state index in [1.165, 1.54) is 0 Å². The molecular weight excluding hydrogens is 242 g/mol. The lowest BCUT2D eigenvalue weighted by Gasteiger charge is -2.20. The molecule has 1 aliphatic carbocycles. The molecule has 5 heteroatoms. The summed E-state index contributed by atoms with van der Waals surface area (Å²) in [6.45, 7) is 2.50. The maximum atomic E-state index is 11.7. The van der Waals surface area contributed by atoms with E-state index in [-0.39, 0.29) is 11.8 Å². The number of aromatic nitrogens is 1. The van der Waals surface area contributed by atoms with Crippen LogP contribution < -0.4 is 5.32 Å². The Bertz CT molecular complexity index is 443. The fourth-order valence-electron chi connectivity index (χ4n) is 1.99. The van der Waals surface area contributed by atoms with Crippen molar-refractivity contribution in [3.05, 3.63) is 30.1 Å². The summed E-state index contributed by atoms with van der Waals surface area (Å²) in [6, 6.07) is 5.96. The lowest BCUT2D eigenvalue weighted by molar-refractivity contribution is -0.130. The molecule has 0 bridgehead atoms. The van der Waals surface area contributed by atoms with E-state index in [4.69, 9.17) is 0 Å². The van der Waals surface area contributed by atoms with Gasteiger partial charge in [-0.3, -0.25) is 14.6 Å². The van der Waals surface area contributed by atoms with Gasteiger partial charge in [0.05, 0.1) is 12.2 Å². The van der Waals surface area contributed by atoms with Crippen molar-refractivity contribution in [3.8, 4) is 0 Å². The van der Waals surface area contributed by atoms with Crippen molar-refractivity contribution < 1.29 is 9.59 Å². The summed E-state index contributed by atoms with van der Waals surface area (Å²) in [5.41, 5.74) is 0.835. The van der Waals surface area contributed by atoms with Gasteiger partial charge in [-0.1, -0.05) is 6.07 Å². The van der Waals surface area contributed by atoms with Crippen molar-refractivity contribution in [3.63, 3.8) is 0 Å². The van der Waals surface area contributed by atoms with E-state index in [9.17, 15) is 9.59 Å². The smallest absolute Gasteiger partial charge is 0.222 e. The molecule has 1 N–H and O–H groups in total. The predicted molar refractivity (Wildman–Crippen MR) is 71.1 cm³/mol. The van der Waals surface area contributed by atoms with Crippen LogP contribution >= 0.6 is 0 Å². The molecule has 0 unspecified atom stereocenters. The lowest BCUT2D eigenvalue weighted by atomic mass is 10.3. The Hall–Kier alpha value is -1.91. The third-order valence-corrected chi connectivity index (χ3v) is 3.16. The second-order valence-corrected chi connectivity index (χ2v) is 4.79. The topological polar surface area (TPSA) is 62.3 Å². The Kier molecular flexibility index (Phi) is 4.49. The SMILES string of the molecule is CC(=O)N(CCC(=O)NCc1ccccn1)C1CC1. The molecule has 102 valence electrons. The third-order valence-electron chi connectivity index (χ3n) is 3.16. The summed E-state index contributed by atoms with van der Waals surface area (Å²) < 4.78 is 0. The van der Waals surface area contributed by atoms with Crippen molar-refractivity contribution in [1.82, 2.24) is 15.2 Å². The standard InChI is InChI=1S/C14H19N3O2/c1-11(18)17(13-5-6-13)9-7-14(19)16-10-12-4-2-3-8-15-12/h2-4,8,13H,5-7,9-10H2,1H3,(H,16,19). The number of nitrogens with zero attached hydrogens (tertiary/aromatic N) is 2. The molecule has 0 atom stereocenters. The number of pyridine rings is 1. The van der Waals surface area contributed by atoms with Gasteiger partial charge in [0, 0.05) is 32.1 Å². The molecule has 1 heterocycles. The average Bonchev–Trinajstić information content (AvgIpc) is 3.22. The van der Waals surface area contributed by atoms with Gasteiger partial charge in [0.1, 0.15) is 0 Å². The van der Waals surface area contributed by atoms with Gasteiger partial charge in [-0.25, -0.2) is 0 Å². The quantitative estimate of drug-likeness (QED) is 0.834. The van der Waals surface area contributed by atoms with Crippen molar-refractivity contribution >= 4 is 11.8 Å². The first-order chi connectivity index (χ1) is 9.16. The van der Waals surface area contributed by atoms with E-state index in [0.29, 0.717) is 25.6 Å². The first kappa shape index (κ1) is 13.5. The molecule has 19 heavy (non-hydrogen) atoms. The average molecular weight is 261 g/mol. The zero-order valence-electron chi connectivity index (χ0n) is 11.1. The highest BCUT2D eigenvalue weighted by Gasteiger charge is 2.30. The van der Waals surface area contributed by atoms with Crippen LogP contribution in [0.3, 0.4) is 0 Å². The van der Waals surface area contributed by atoms with Crippen LogP contribution in [-0.2, 0) is 16.1 Å². The largest absolute Gasteiger partial charge is 0.350 e. The van der Waals surface area contributed by atoms with Gasteiger partial charge in [-0.2, -0.15) is 0 Å². The highest BCUT2D eigenvalue weighted by molar-refractivity contribution is 5.78. The van der Waals surface area contributed by atoms with E-state index >= 15 is 0 Å². The molecule has 1 aromatic rings. The normalized spacial score (nSPS) is 13.9. The Balaban J connectivity index is 1.71. The second-order valence-electron chi connectivity index (χ2n) is 4.79. The molecule has 0 aliphatic heterocycles. The molecule has 1 fully saturated rings. The first-order valence-corrected chi connectivity index (χ1v) is 6.60. The summed E-state index contributed by atoms with van der Waals surface area (Å²) in [7, 11) is 0. The van der Waals surface area contributed by atoms with Crippen molar-refractivity contribution in [2.75, 3.05) is 6.54 Å². The monoisotopic (exact) mass is 261 g/mol. The van der Waals surface area contributed by atoms with Gasteiger partial charge in [0.15, 0.2) is 0 Å². The van der Waals surface area contributed by atoms with Crippen molar-refractivity contribution in [2.24, 2.45) is 0 Å². The molecule has 0 spiro atoms. The number of nitrogens with one attached hydrogen (secondary N) is 1. The van der Waals surface area contributed by atoms with Crippen LogP contribution in [0.4, 0.5) is 0 Å². The highest BCUT2D eigenvalue weighted by atomic mass is 16.2. The van der Waals surface area contributed by atoms with E-state index < -0.39 is 0 Å². The molecule has 5 nitrogen and oxygen atoms in total. The van der Waals surface area contributed by atoms with Crippen LogP contribution in [0.1, 0.15) is 31.9 Å². The Morgan fingerprint density at radius 1 is 1.42 bits per heavy atom. The fraction of sp³-hybridized carbons (Fsp3) is 0.500. The molecule has 0 saturated heterocycles. The van der Waals surface area contributed by atoms with E-state index in [0.717, 1.165) is 18.5 Å². The summed E-state index contributed by atoms with van der Waals surface area (Å²) in [6.07, 6.45) is 4.18. The Labute approximate surface area is 113 Å². The van der Waals surface area contributed by atoms with Gasteiger partial charge in [0.2, 0.25) is 11.8 Å². The van der Waals surface area contributed by atoms with Crippen LogP contribution in [-0.4, -0.2) is 34.3 Å². The van der Waals surface area contributed by atoms with Crippen LogP contribution in [0.15, 0.2) is 24.4 Å². The number of carbonyl (C=O) groups excluding carboxylic acids is 2. The van der Waals surface area contributed by atoms with E-state index in [1.807, 2.05) is 18.2 Å². The maximum Gasteiger partial charge on any atom is 0.222 e. The highest BCUT2D eigenvalue weighted by Crippen LogP contribution is 2.26. The van der Waals surface area contributed by atoms with Gasteiger partial charge >= 0.3 is 0 Å². The molecule has 1 saturated carbocycles. The molecule has 0 radical (unpaired) electrons. The third kappa shape index (κ3) is 4.35. The molecule has 2 rings (SSSR count). The van der Waals surface area contributed by atoms with E-state index in [1.54, 1.807) is 18.0 Å². The molecular formula is C14H19N3O2. The van der Waals surface area contributed by atoms with Gasteiger partial charge < -0.3 is 10.2 Å². The minimum absolute atomic E-state index is 0.0439. The van der Waals surface area contributed by atoms with Crippen LogP contribution in [0.2, 0.25) is 0 Å². The number of hydrogen-bond donors (Lipinski definition) is 1. The fourth-order valence-corrected chi connectivity index (χ4v) is 1.99. The van der Waals surface area contributed by atoms with Gasteiger partial charge in [-0.05, 0) is 25.0 Å². The minimum Gasteiger partial charge on any atom is -0.350 e. The van der Waals surface area contributed by atoms with Crippen LogP contribution in [0, 0.1) is 0 Å². The number of hydrogen-bond acceptors (Lipinski definition) is 3. The summed E-state index contributed by atoms with van der Waals surface area (Å²) in [5.74, 6) is 0.0116. The minimum atomic E-state index is -0.0439. The number of rotatable bonds is 6. The number of amides is 2. The lowest BCUT2D eigenvalue weighted by Crippen LogP contribution is -2.35. The first-order valence-electron chi connectivity index (χ1n) is 6.60. The zero-order chi connectivity index (χ0) is 13.7. The Morgan fingerprint density at radius 3 is 2.79 bits per heavy atom. The molecule has 2 amide bonds. The predicted octanol–water partition coefficient (Wildman–Crippen LogP) is 1.10. The Morgan fingerprint density at radius 2 is 2.21 bits per heavy atom. The van der Waals surface area contributed by atoms with Crippen molar-refractivity contribution in [1.29, 1.82) is 0 Å². The van der Waals surface area contributed by atoms with Gasteiger partial charge in [0.25, 0.3) is 0 Å². The van der Waals surface area contributed by atoms with Crippen LogP contribution in [0.25, 0.3) is 0 Å². The molecule has 1 aromatic heterocycles. The summed E-state index contributed by atoms with van der Waals surface area (Å²) >= 11 is 0. The molecule has 1 aliphatic rings.